The minimum absolute atomic E-state index is 0.0284. The minimum atomic E-state index is -0.452. The minimum Gasteiger partial charge on any atom is -0.466 e. The Bertz CT molecular complexity index is 1240. The predicted octanol–water partition coefficient (Wildman–Crippen LogP) is 8.29. The average molecular weight is 562 g/mol. The second-order valence-electron chi connectivity index (χ2n) is 15.8. The first-order valence-electron chi connectivity index (χ1n) is 16.2. The van der Waals surface area contributed by atoms with Crippen LogP contribution < -0.4 is 0 Å². The zero-order chi connectivity index (χ0) is 30.0. The van der Waals surface area contributed by atoms with Gasteiger partial charge in [-0.25, -0.2) is 4.85 Å². The molecular formula is C36H51NO4. The number of fused-ring (bicyclic) bond motifs is 7. The summed E-state index contributed by atoms with van der Waals surface area (Å²) in [5.74, 6) is 0.332. The van der Waals surface area contributed by atoms with Crippen LogP contribution in [-0.4, -0.2) is 24.1 Å². The van der Waals surface area contributed by atoms with Crippen LogP contribution in [0.15, 0.2) is 23.4 Å². The molecule has 5 aliphatic rings. The van der Waals surface area contributed by atoms with E-state index in [1.165, 1.54) is 12.0 Å². The Morgan fingerprint density at radius 3 is 2.44 bits per heavy atom. The highest BCUT2D eigenvalue weighted by Crippen LogP contribution is 2.74. The summed E-state index contributed by atoms with van der Waals surface area (Å²) in [7, 11) is 0. The molecule has 41 heavy (non-hydrogen) atoms. The van der Waals surface area contributed by atoms with E-state index in [2.05, 4.69) is 39.5 Å². The number of nitrogens with zero attached hydrogens (tertiary/aromatic N) is 1. The fourth-order valence-corrected chi connectivity index (χ4v) is 10.7. The summed E-state index contributed by atoms with van der Waals surface area (Å²) in [4.78, 5) is 43.2. The third-order valence-corrected chi connectivity index (χ3v) is 13.2. The van der Waals surface area contributed by atoms with E-state index in [1.807, 2.05) is 26.0 Å². The van der Waals surface area contributed by atoms with Gasteiger partial charge in [-0.1, -0.05) is 60.1 Å². The molecule has 224 valence electrons. The zero-order valence-corrected chi connectivity index (χ0v) is 26.5. The van der Waals surface area contributed by atoms with E-state index in [1.54, 1.807) is 0 Å². The Kier molecular flexibility index (Phi) is 7.53. The lowest BCUT2D eigenvalue weighted by atomic mass is 9.34. The van der Waals surface area contributed by atoms with Crippen molar-refractivity contribution in [2.45, 2.75) is 119 Å². The molecule has 5 aliphatic carbocycles. The molecule has 3 fully saturated rings. The van der Waals surface area contributed by atoms with Crippen molar-refractivity contribution in [3.8, 4) is 0 Å². The van der Waals surface area contributed by atoms with Gasteiger partial charge in [0.05, 0.1) is 13.2 Å². The molecule has 0 aromatic rings. The molecule has 0 spiro atoms. The number of rotatable bonds is 6. The van der Waals surface area contributed by atoms with Crippen LogP contribution in [0.25, 0.3) is 4.85 Å². The quantitative estimate of drug-likeness (QED) is 0.186. The van der Waals surface area contributed by atoms with E-state index in [9.17, 15) is 14.4 Å². The summed E-state index contributed by atoms with van der Waals surface area (Å²) in [6.45, 7) is 23.9. The standard InChI is InChI=1S/C36H51NO4/c1-9-11-29(39)41-19-10-13-36-17-15-32(3,4)21-25(36)30-27(38)20-28-33(5)22-26(37-8)31(40)23(2)24(33)12-14-34(28,6)35(30,7)16-18-36/h20,22-25,30H,9-19,21H2,1-7H3/t23-,24-,25-,30-,33-,34+,35+,36+/m0/s1. The first kappa shape index (κ1) is 30.2. The summed E-state index contributed by atoms with van der Waals surface area (Å²) in [5, 5.41) is 0. The van der Waals surface area contributed by atoms with Gasteiger partial charge in [0.25, 0.3) is 0 Å². The molecule has 0 N–H and O–H groups in total. The average Bonchev–Trinajstić information content (AvgIpc) is 2.90. The maximum absolute atomic E-state index is 14.5. The third kappa shape index (κ3) is 4.49. The van der Waals surface area contributed by atoms with Gasteiger partial charge in [-0.05, 0) is 104 Å². The molecule has 0 unspecified atom stereocenters. The summed E-state index contributed by atoms with van der Waals surface area (Å²) in [6.07, 6.45) is 14.5. The van der Waals surface area contributed by atoms with E-state index >= 15 is 0 Å². The molecule has 0 saturated heterocycles. The summed E-state index contributed by atoms with van der Waals surface area (Å²) in [6, 6.07) is 0. The van der Waals surface area contributed by atoms with E-state index in [0.29, 0.717) is 18.9 Å². The second-order valence-corrected chi connectivity index (χ2v) is 15.8. The number of esters is 1. The van der Waals surface area contributed by atoms with Crippen LogP contribution in [0.3, 0.4) is 0 Å². The van der Waals surface area contributed by atoms with Crippen molar-refractivity contribution in [1.82, 2.24) is 0 Å². The lowest BCUT2D eigenvalue weighted by Gasteiger charge is -2.69. The van der Waals surface area contributed by atoms with Gasteiger partial charge in [0, 0.05) is 23.7 Å². The Balaban J connectivity index is 1.53. The fourth-order valence-electron chi connectivity index (χ4n) is 10.7. The molecule has 3 saturated carbocycles. The first-order valence-corrected chi connectivity index (χ1v) is 16.2. The van der Waals surface area contributed by atoms with Gasteiger partial charge >= 0.3 is 5.97 Å². The van der Waals surface area contributed by atoms with Crippen molar-refractivity contribution in [1.29, 1.82) is 0 Å². The Labute approximate surface area is 247 Å². The van der Waals surface area contributed by atoms with Gasteiger partial charge in [-0.15, -0.1) is 0 Å². The monoisotopic (exact) mass is 561 g/mol. The van der Waals surface area contributed by atoms with Crippen LogP contribution in [0, 0.1) is 57.3 Å². The molecule has 0 bridgehead atoms. The van der Waals surface area contributed by atoms with Crippen LogP contribution in [0.1, 0.15) is 119 Å². The lowest BCUT2D eigenvalue weighted by molar-refractivity contribution is -0.171. The van der Waals surface area contributed by atoms with Crippen molar-refractivity contribution >= 4 is 17.5 Å². The fraction of sp³-hybridized carbons (Fsp3) is 0.778. The van der Waals surface area contributed by atoms with E-state index in [4.69, 9.17) is 11.3 Å². The predicted molar refractivity (Wildman–Crippen MR) is 160 cm³/mol. The van der Waals surface area contributed by atoms with Gasteiger partial charge in [0.2, 0.25) is 5.70 Å². The third-order valence-electron chi connectivity index (χ3n) is 13.2. The molecule has 0 heterocycles. The molecule has 5 rings (SSSR count). The molecule has 8 atom stereocenters. The van der Waals surface area contributed by atoms with Gasteiger partial charge in [-0.3, -0.25) is 9.59 Å². The van der Waals surface area contributed by atoms with Gasteiger partial charge < -0.3 is 9.53 Å². The first-order chi connectivity index (χ1) is 19.2. The van der Waals surface area contributed by atoms with Crippen LogP contribution in [0.4, 0.5) is 0 Å². The second kappa shape index (κ2) is 10.2. The van der Waals surface area contributed by atoms with E-state index in [-0.39, 0.29) is 62.6 Å². The van der Waals surface area contributed by atoms with E-state index in [0.717, 1.165) is 57.8 Å². The number of carbonyl (C=O) groups is 3. The highest BCUT2D eigenvalue weighted by atomic mass is 16.5. The summed E-state index contributed by atoms with van der Waals surface area (Å²) >= 11 is 0. The molecule has 5 nitrogen and oxygen atoms in total. The Morgan fingerprint density at radius 1 is 1.05 bits per heavy atom. The maximum Gasteiger partial charge on any atom is 0.305 e. The summed E-state index contributed by atoms with van der Waals surface area (Å²) in [5.41, 5.74) is 0.943. The number of carbonyl (C=O) groups excluding carboxylic acids is 3. The molecule has 0 aromatic carbocycles. The summed E-state index contributed by atoms with van der Waals surface area (Å²) < 4.78 is 5.55. The van der Waals surface area contributed by atoms with Gasteiger partial charge in [0.15, 0.2) is 11.6 Å². The highest BCUT2D eigenvalue weighted by molar-refractivity contribution is 6.01. The smallest absolute Gasteiger partial charge is 0.305 e. The van der Waals surface area contributed by atoms with Crippen molar-refractivity contribution in [3.63, 3.8) is 0 Å². The highest BCUT2D eigenvalue weighted by Gasteiger charge is 2.68. The van der Waals surface area contributed by atoms with Crippen LogP contribution in [-0.2, 0) is 19.1 Å². The lowest BCUT2D eigenvalue weighted by Crippen LogP contribution is -2.64. The zero-order valence-electron chi connectivity index (χ0n) is 26.5. The number of ether oxygens (including phenoxy) is 1. The van der Waals surface area contributed by atoms with Crippen LogP contribution >= 0.6 is 0 Å². The Morgan fingerprint density at radius 2 is 1.76 bits per heavy atom. The van der Waals surface area contributed by atoms with Gasteiger partial charge in [0.1, 0.15) is 0 Å². The SMILES string of the molecule is [C-]#[N+]C1=C[C@]2(C)C3=CC(=O)[C@@H]4[C@@H]5CC(C)(C)CC[C@]5(CCCOC(=O)CCC)CC[C@@]4(C)[C@]3(C)CC[C@H]2[C@H](C)C1=O. The molecule has 0 aromatic heterocycles. The van der Waals surface area contributed by atoms with E-state index < -0.39 is 5.41 Å². The molecule has 0 aliphatic heterocycles. The number of Topliss-reactive ketones (excluding diaryl/α,β-unsaturated/α-hetero) is 1. The number of hydrogen-bond acceptors (Lipinski definition) is 4. The maximum atomic E-state index is 14.5. The topological polar surface area (TPSA) is 64.8 Å². The molecule has 0 amide bonds. The number of allylic oxidation sites excluding steroid dienone is 4. The Hall–Kier alpha value is -2.22. The van der Waals surface area contributed by atoms with Crippen molar-refractivity contribution in [3.05, 3.63) is 34.8 Å². The molecule has 5 heteroatoms. The number of hydrogen-bond donors (Lipinski definition) is 0. The van der Waals surface area contributed by atoms with Crippen LogP contribution in [0.2, 0.25) is 0 Å². The van der Waals surface area contributed by atoms with Crippen molar-refractivity contribution in [2.75, 3.05) is 6.61 Å². The molecular weight excluding hydrogens is 510 g/mol. The van der Waals surface area contributed by atoms with Crippen molar-refractivity contribution < 1.29 is 19.1 Å². The van der Waals surface area contributed by atoms with Crippen LogP contribution in [0.5, 0.6) is 0 Å². The molecule has 0 radical (unpaired) electrons. The normalized spacial score (nSPS) is 42.9. The largest absolute Gasteiger partial charge is 0.466 e. The number of ketones is 2. The van der Waals surface area contributed by atoms with Gasteiger partial charge in [-0.2, -0.15) is 0 Å². The van der Waals surface area contributed by atoms with Crippen molar-refractivity contribution in [2.24, 2.45) is 50.7 Å².